The van der Waals surface area contributed by atoms with Gasteiger partial charge in [-0.05, 0) is 29.1 Å². The first kappa shape index (κ1) is 21.4. The summed E-state index contributed by atoms with van der Waals surface area (Å²) in [5, 5.41) is 7.62. The van der Waals surface area contributed by atoms with Gasteiger partial charge in [-0.25, -0.2) is 0 Å². The molecule has 0 spiro atoms. The Morgan fingerprint density at radius 3 is 2.45 bits per heavy atom. The van der Waals surface area contributed by atoms with Gasteiger partial charge in [0.1, 0.15) is 0 Å². The molecule has 6 nitrogen and oxygen atoms in total. The molecule has 1 aliphatic heterocycles. The van der Waals surface area contributed by atoms with Crippen molar-refractivity contribution in [3.05, 3.63) is 52.2 Å². The van der Waals surface area contributed by atoms with Gasteiger partial charge in [-0.15, -0.1) is 11.3 Å². The Morgan fingerprint density at radius 2 is 1.83 bits per heavy atom. The predicted molar refractivity (Wildman–Crippen MR) is 118 cm³/mol. The summed E-state index contributed by atoms with van der Waals surface area (Å²) in [5.74, 6) is 1.81. The summed E-state index contributed by atoms with van der Waals surface area (Å²) < 4.78 is 0. The largest absolute Gasteiger partial charge is 0.348 e. The number of benzene rings is 1. The third-order valence-corrected chi connectivity index (χ3v) is 6.54. The second kappa shape index (κ2) is 10.5. The van der Waals surface area contributed by atoms with E-state index in [-0.39, 0.29) is 30.2 Å². The molecule has 1 aromatic carbocycles. The minimum Gasteiger partial charge on any atom is -0.348 e. The fourth-order valence-corrected chi connectivity index (χ4v) is 4.84. The molecule has 1 saturated heterocycles. The zero-order valence-electron chi connectivity index (χ0n) is 16.3. The van der Waals surface area contributed by atoms with Crippen molar-refractivity contribution in [1.82, 2.24) is 10.2 Å². The maximum absolute atomic E-state index is 12.4. The van der Waals surface area contributed by atoms with Gasteiger partial charge in [0.15, 0.2) is 0 Å². The number of anilines is 1. The molecule has 3 amide bonds. The van der Waals surface area contributed by atoms with E-state index >= 15 is 0 Å². The molecule has 8 heteroatoms. The molecule has 0 aliphatic carbocycles. The number of nitrogens with zero attached hydrogens (tertiary/aromatic N) is 1. The molecule has 0 saturated carbocycles. The van der Waals surface area contributed by atoms with E-state index in [0.29, 0.717) is 12.1 Å². The molecule has 29 heavy (non-hydrogen) atoms. The number of hydrogen-bond donors (Lipinski definition) is 2. The van der Waals surface area contributed by atoms with Gasteiger partial charge in [0, 0.05) is 42.1 Å². The van der Waals surface area contributed by atoms with Gasteiger partial charge in [-0.1, -0.05) is 18.2 Å². The molecule has 1 fully saturated rings. The smallest absolute Gasteiger partial charge is 0.227 e. The molecule has 2 aromatic rings. The zero-order valence-corrected chi connectivity index (χ0v) is 18.0. The van der Waals surface area contributed by atoms with Crippen LogP contribution in [-0.2, 0) is 20.8 Å². The van der Waals surface area contributed by atoms with Gasteiger partial charge >= 0.3 is 0 Å². The van der Waals surface area contributed by atoms with Crippen molar-refractivity contribution in [2.24, 2.45) is 0 Å². The average Bonchev–Trinajstić information content (AvgIpc) is 3.24. The molecule has 1 aromatic heterocycles. The van der Waals surface area contributed by atoms with Crippen LogP contribution in [0, 0.1) is 0 Å². The average molecular weight is 432 g/mol. The monoisotopic (exact) mass is 431 g/mol. The molecule has 2 N–H and O–H groups in total. The third kappa shape index (κ3) is 6.61. The van der Waals surface area contributed by atoms with E-state index in [4.69, 9.17) is 0 Å². The number of nitrogens with one attached hydrogen (secondary N) is 2. The van der Waals surface area contributed by atoms with E-state index in [9.17, 15) is 14.4 Å². The van der Waals surface area contributed by atoms with Gasteiger partial charge < -0.3 is 15.5 Å². The summed E-state index contributed by atoms with van der Waals surface area (Å²) in [7, 11) is 0. The molecular formula is C21H25N3O3S2. The van der Waals surface area contributed by atoms with Crippen LogP contribution in [0.5, 0.6) is 0 Å². The van der Waals surface area contributed by atoms with Crippen LogP contribution in [-0.4, -0.2) is 47.2 Å². The first-order valence-electron chi connectivity index (χ1n) is 9.56. The van der Waals surface area contributed by atoms with Crippen molar-refractivity contribution in [3.8, 4) is 0 Å². The van der Waals surface area contributed by atoms with Crippen LogP contribution in [0.15, 0.2) is 41.8 Å². The second-order valence-electron chi connectivity index (χ2n) is 6.89. The van der Waals surface area contributed by atoms with Gasteiger partial charge in [0.2, 0.25) is 17.7 Å². The lowest BCUT2D eigenvalue weighted by Crippen LogP contribution is -2.38. The molecular weight excluding hydrogens is 406 g/mol. The van der Waals surface area contributed by atoms with E-state index in [0.717, 1.165) is 35.0 Å². The molecule has 3 rings (SSSR count). The summed E-state index contributed by atoms with van der Waals surface area (Å²) in [6.07, 6.45) is 0.537. The Morgan fingerprint density at radius 1 is 1.10 bits per heavy atom. The van der Waals surface area contributed by atoms with E-state index in [2.05, 4.69) is 10.6 Å². The third-order valence-electron chi connectivity index (χ3n) is 4.61. The van der Waals surface area contributed by atoms with Crippen LogP contribution in [0.1, 0.15) is 29.8 Å². The van der Waals surface area contributed by atoms with E-state index in [1.165, 1.54) is 18.3 Å². The summed E-state index contributed by atoms with van der Waals surface area (Å²) >= 11 is 3.39. The van der Waals surface area contributed by atoms with Crippen LogP contribution in [0.3, 0.4) is 0 Å². The van der Waals surface area contributed by atoms with Crippen molar-refractivity contribution in [3.63, 3.8) is 0 Å². The SMILES string of the molecule is CC(=O)NC(CC(=O)Nc1ccc(CC(=O)N2CCSCC2)cc1)c1cccs1. The van der Waals surface area contributed by atoms with Gasteiger partial charge in [-0.2, -0.15) is 11.8 Å². The highest BCUT2D eigenvalue weighted by molar-refractivity contribution is 7.99. The number of carbonyl (C=O) groups excluding carboxylic acids is 3. The number of hydrogen-bond acceptors (Lipinski definition) is 5. The fourth-order valence-electron chi connectivity index (χ4n) is 3.16. The number of thioether (sulfide) groups is 1. The Kier molecular flexibility index (Phi) is 7.71. The van der Waals surface area contributed by atoms with Crippen LogP contribution in [0.2, 0.25) is 0 Å². The maximum atomic E-state index is 12.4. The Hall–Kier alpha value is -2.32. The zero-order chi connectivity index (χ0) is 20.6. The van der Waals surface area contributed by atoms with Crippen LogP contribution in [0.4, 0.5) is 5.69 Å². The summed E-state index contributed by atoms with van der Waals surface area (Å²) in [5.41, 5.74) is 1.61. The highest BCUT2D eigenvalue weighted by Crippen LogP contribution is 2.23. The van der Waals surface area contributed by atoms with Crippen molar-refractivity contribution in [2.75, 3.05) is 29.9 Å². The molecule has 154 valence electrons. The van der Waals surface area contributed by atoms with Gasteiger partial charge in [0.05, 0.1) is 18.9 Å². The molecule has 2 heterocycles. The highest BCUT2D eigenvalue weighted by atomic mass is 32.2. The summed E-state index contributed by atoms with van der Waals surface area (Å²) in [6.45, 7) is 3.08. The normalized spacial score (nSPS) is 14.9. The van der Waals surface area contributed by atoms with Gasteiger partial charge in [0.25, 0.3) is 0 Å². The fraction of sp³-hybridized carbons (Fsp3) is 0.381. The molecule has 1 unspecified atom stereocenters. The molecule has 1 atom stereocenters. The van der Waals surface area contributed by atoms with Gasteiger partial charge in [-0.3, -0.25) is 14.4 Å². The number of thiophene rings is 1. The minimum absolute atomic E-state index is 0.149. The summed E-state index contributed by atoms with van der Waals surface area (Å²) in [6, 6.07) is 10.8. The molecule has 0 bridgehead atoms. The molecule has 0 radical (unpaired) electrons. The highest BCUT2D eigenvalue weighted by Gasteiger charge is 2.19. The Balaban J connectivity index is 1.53. The number of carbonyl (C=O) groups is 3. The van der Waals surface area contributed by atoms with Crippen molar-refractivity contribution in [2.45, 2.75) is 25.8 Å². The first-order valence-corrected chi connectivity index (χ1v) is 11.6. The van der Waals surface area contributed by atoms with Crippen LogP contribution < -0.4 is 10.6 Å². The quantitative estimate of drug-likeness (QED) is 0.706. The number of rotatable bonds is 7. The van der Waals surface area contributed by atoms with Crippen molar-refractivity contribution < 1.29 is 14.4 Å². The van der Waals surface area contributed by atoms with E-state index < -0.39 is 0 Å². The maximum Gasteiger partial charge on any atom is 0.227 e. The standard InChI is InChI=1S/C21H25N3O3S2/c1-15(25)22-18(19-3-2-10-29-19)14-20(26)23-17-6-4-16(5-7-17)13-21(27)24-8-11-28-12-9-24/h2-7,10,18H,8-9,11-14H2,1H3,(H,22,25)(H,23,26). The Labute approximate surface area is 179 Å². The molecule has 1 aliphatic rings. The van der Waals surface area contributed by atoms with Crippen molar-refractivity contribution >= 4 is 46.5 Å². The van der Waals surface area contributed by atoms with Crippen molar-refractivity contribution in [1.29, 1.82) is 0 Å². The Bertz CT molecular complexity index is 831. The second-order valence-corrected chi connectivity index (χ2v) is 9.09. The van der Waals surface area contributed by atoms with Crippen LogP contribution in [0.25, 0.3) is 0 Å². The van der Waals surface area contributed by atoms with Crippen LogP contribution >= 0.6 is 23.1 Å². The number of amides is 3. The summed E-state index contributed by atoms with van der Waals surface area (Å²) in [4.78, 5) is 39.1. The predicted octanol–water partition coefficient (Wildman–Crippen LogP) is 3.07. The topological polar surface area (TPSA) is 78.5 Å². The minimum atomic E-state index is -0.341. The lowest BCUT2D eigenvalue weighted by molar-refractivity contribution is -0.130. The lowest BCUT2D eigenvalue weighted by Gasteiger charge is -2.26. The lowest BCUT2D eigenvalue weighted by atomic mass is 10.1. The van der Waals surface area contributed by atoms with E-state index in [1.807, 2.05) is 58.4 Å². The first-order chi connectivity index (χ1) is 14.0. The van der Waals surface area contributed by atoms with E-state index in [1.54, 1.807) is 0 Å².